The molecule has 0 bridgehead atoms. The molecule has 0 saturated heterocycles. The van der Waals surface area contributed by atoms with Crippen molar-refractivity contribution in [3.8, 4) is 0 Å². The van der Waals surface area contributed by atoms with Crippen LogP contribution in [-0.2, 0) is 23.8 Å². The zero-order chi connectivity index (χ0) is 44.9. The zero-order valence-electron chi connectivity index (χ0n) is 41.1. The van der Waals surface area contributed by atoms with Crippen molar-refractivity contribution in [3.63, 3.8) is 0 Å². The van der Waals surface area contributed by atoms with Gasteiger partial charge in [0.05, 0.1) is 0 Å². The van der Waals surface area contributed by atoms with Crippen molar-refractivity contribution in [2.24, 2.45) is 0 Å². The second kappa shape index (κ2) is 52.7. The normalized spacial score (nSPS) is 12.3. The summed E-state index contributed by atoms with van der Waals surface area (Å²) in [6.45, 7) is 7.49. The molecule has 0 aromatic rings. The van der Waals surface area contributed by atoms with Crippen LogP contribution in [0.5, 0.6) is 0 Å². The molecule has 0 radical (unpaired) electrons. The lowest BCUT2D eigenvalue weighted by Crippen LogP contribution is -2.29. The van der Waals surface area contributed by atoms with E-state index in [1.807, 2.05) is 0 Å². The topological polar surface area (TPSA) is 61.8 Å². The molecule has 0 aromatic heterocycles. The smallest absolute Gasteiger partial charge is 0.305 e. The number of rotatable bonds is 48. The summed E-state index contributed by atoms with van der Waals surface area (Å²) in [7, 11) is 0. The van der Waals surface area contributed by atoms with E-state index in [0.29, 0.717) is 19.4 Å². The van der Waals surface area contributed by atoms with Crippen LogP contribution in [0.15, 0.2) is 72.9 Å². The Morgan fingerprint density at radius 3 is 1.03 bits per heavy atom. The molecule has 0 saturated carbocycles. The van der Waals surface area contributed by atoms with Gasteiger partial charge < -0.3 is 14.2 Å². The second-order valence-corrected chi connectivity index (χ2v) is 17.4. The predicted molar refractivity (Wildman–Crippen MR) is 270 cm³/mol. The van der Waals surface area contributed by atoms with Gasteiger partial charge in [0.15, 0.2) is 0 Å². The number of carbonyl (C=O) groups is 2. The first kappa shape index (κ1) is 59.3. The molecule has 0 spiro atoms. The molecule has 0 aliphatic carbocycles. The number of allylic oxidation sites excluding steroid dienone is 12. The largest absolute Gasteiger partial charge is 0.463 e. The standard InChI is InChI=1S/C57H100O5/c1-4-7-10-13-16-19-22-25-28-31-34-37-40-43-46-49-52-60-55(53-61-56(58)50-47-44-41-38-35-32-29-26-23-20-17-14-11-8-5-2)54-62-57(59)51-48-45-42-39-36-33-30-27-24-21-18-15-12-9-6-3/h8-9,11-12,17-18,20-21,26-27,29-30,55H,4-7,10,13-16,19,22-25,28,31-54H2,1-3H3/b11-8-,12-9-,20-17-,21-18-,29-26-,30-27-. The Hall–Kier alpha value is -2.66. The number of esters is 2. The third-order valence-electron chi connectivity index (χ3n) is 11.3. The fraction of sp³-hybridized carbons (Fsp3) is 0.754. The van der Waals surface area contributed by atoms with E-state index in [9.17, 15) is 9.59 Å². The summed E-state index contributed by atoms with van der Waals surface area (Å²) in [6.07, 6.45) is 67.9. The average molecular weight is 865 g/mol. The van der Waals surface area contributed by atoms with Gasteiger partial charge in [-0.25, -0.2) is 0 Å². The van der Waals surface area contributed by atoms with Crippen LogP contribution in [0.2, 0.25) is 0 Å². The lowest BCUT2D eigenvalue weighted by molar-refractivity contribution is -0.155. The zero-order valence-corrected chi connectivity index (χ0v) is 41.1. The quantitative estimate of drug-likeness (QED) is 0.0346. The molecule has 5 nitrogen and oxygen atoms in total. The highest BCUT2D eigenvalue weighted by Gasteiger charge is 2.16. The molecule has 0 rings (SSSR count). The number of ether oxygens (including phenoxy) is 3. The summed E-state index contributed by atoms with van der Waals surface area (Å²) in [5.41, 5.74) is 0. The molecule has 0 aliphatic heterocycles. The summed E-state index contributed by atoms with van der Waals surface area (Å²) in [6, 6.07) is 0. The Morgan fingerprint density at radius 2 is 0.661 bits per heavy atom. The SMILES string of the molecule is CC/C=C\C/C=C\C/C=C\CCCCCCCC(=O)OCC(COC(=O)CCCCCCC/C=C\C/C=C\C/C=C\CC)OCCCCCCCCCCCCCCCCCC. The fourth-order valence-electron chi connectivity index (χ4n) is 7.34. The van der Waals surface area contributed by atoms with Crippen LogP contribution in [0.25, 0.3) is 0 Å². The third kappa shape index (κ3) is 50.0. The van der Waals surface area contributed by atoms with Crippen molar-refractivity contribution in [2.75, 3.05) is 19.8 Å². The van der Waals surface area contributed by atoms with Crippen LogP contribution in [0, 0.1) is 0 Å². The van der Waals surface area contributed by atoms with E-state index in [-0.39, 0.29) is 25.2 Å². The number of carbonyl (C=O) groups excluding carboxylic acids is 2. The van der Waals surface area contributed by atoms with Gasteiger partial charge in [-0.15, -0.1) is 0 Å². The van der Waals surface area contributed by atoms with Crippen LogP contribution in [0.4, 0.5) is 0 Å². The van der Waals surface area contributed by atoms with Gasteiger partial charge in [0.2, 0.25) is 0 Å². The lowest BCUT2D eigenvalue weighted by Gasteiger charge is -2.18. The first-order valence-corrected chi connectivity index (χ1v) is 26.5. The highest BCUT2D eigenvalue weighted by atomic mass is 16.6. The van der Waals surface area contributed by atoms with Gasteiger partial charge in [0, 0.05) is 19.4 Å². The van der Waals surface area contributed by atoms with Gasteiger partial charge in [0.1, 0.15) is 19.3 Å². The molecular formula is C57H100O5. The van der Waals surface area contributed by atoms with Crippen LogP contribution in [0.1, 0.15) is 252 Å². The third-order valence-corrected chi connectivity index (χ3v) is 11.3. The Kier molecular flexibility index (Phi) is 50.4. The summed E-state index contributed by atoms with van der Waals surface area (Å²) in [5, 5.41) is 0. The molecule has 5 heteroatoms. The monoisotopic (exact) mass is 865 g/mol. The van der Waals surface area contributed by atoms with E-state index in [2.05, 4.69) is 93.7 Å². The van der Waals surface area contributed by atoms with E-state index < -0.39 is 6.10 Å². The molecule has 62 heavy (non-hydrogen) atoms. The Balaban J connectivity index is 4.30. The average Bonchev–Trinajstić information content (AvgIpc) is 3.28. The van der Waals surface area contributed by atoms with E-state index >= 15 is 0 Å². The Labute approximate surface area is 385 Å². The van der Waals surface area contributed by atoms with Crippen molar-refractivity contribution in [1.82, 2.24) is 0 Å². The van der Waals surface area contributed by atoms with E-state index in [1.54, 1.807) is 0 Å². The Bertz CT molecular complexity index is 1050. The molecule has 0 aromatic carbocycles. The minimum Gasteiger partial charge on any atom is -0.463 e. The fourth-order valence-corrected chi connectivity index (χ4v) is 7.34. The highest BCUT2D eigenvalue weighted by Crippen LogP contribution is 2.15. The minimum absolute atomic E-state index is 0.142. The molecule has 0 N–H and O–H groups in total. The molecule has 0 aliphatic rings. The number of hydrogen-bond donors (Lipinski definition) is 0. The van der Waals surface area contributed by atoms with Crippen molar-refractivity contribution < 1.29 is 23.8 Å². The highest BCUT2D eigenvalue weighted by molar-refractivity contribution is 5.69. The molecule has 0 unspecified atom stereocenters. The minimum atomic E-state index is -0.415. The van der Waals surface area contributed by atoms with Gasteiger partial charge in [-0.3, -0.25) is 9.59 Å². The second-order valence-electron chi connectivity index (χ2n) is 17.4. The number of unbranched alkanes of at least 4 members (excludes halogenated alkanes) is 25. The maximum absolute atomic E-state index is 12.6. The van der Waals surface area contributed by atoms with E-state index in [1.165, 1.54) is 116 Å². The van der Waals surface area contributed by atoms with Crippen molar-refractivity contribution in [3.05, 3.63) is 72.9 Å². The summed E-state index contributed by atoms with van der Waals surface area (Å²) >= 11 is 0. The molecule has 358 valence electrons. The number of hydrogen-bond acceptors (Lipinski definition) is 5. The van der Waals surface area contributed by atoms with Gasteiger partial charge in [-0.2, -0.15) is 0 Å². The van der Waals surface area contributed by atoms with Crippen molar-refractivity contribution >= 4 is 11.9 Å². The van der Waals surface area contributed by atoms with E-state index in [0.717, 1.165) is 103 Å². The molecule has 0 fully saturated rings. The first-order chi connectivity index (χ1) is 30.6. The summed E-state index contributed by atoms with van der Waals surface area (Å²) in [4.78, 5) is 25.2. The van der Waals surface area contributed by atoms with Crippen LogP contribution in [-0.4, -0.2) is 37.9 Å². The lowest BCUT2D eigenvalue weighted by atomic mass is 10.0. The maximum atomic E-state index is 12.6. The van der Waals surface area contributed by atoms with Crippen molar-refractivity contribution in [2.45, 2.75) is 258 Å². The summed E-state index contributed by atoms with van der Waals surface area (Å²) < 4.78 is 17.4. The van der Waals surface area contributed by atoms with Gasteiger partial charge in [-0.1, -0.05) is 229 Å². The van der Waals surface area contributed by atoms with E-state index in [4.69, 9.17) is 14.2 Å². The van der Waals surface area contributed by atoms with Crippen LogP contribution >= 0.6 is 0 Å². The Morgan fingerprint density at radius 1 is 0.355 bits per heavy atom. The molecule has 0 amide bonds. The van der Waals surface area contributed by atoms with Crippen LogP contribution in [0.3, 0.4) is 0 Å². The van der Waals surface area contributed by atoms with Crippen molar-refractivity contribution in [1.29, 1.82) is 0 Å². The summed E-state index contributed by atoms with van der Waals surface area (Å²) in [5.74, 6) is -0.368. The first-order valence-electron chi connectivity index (χ1n) is 26.5. The maximum Gasteiger partial charge on any atom is 0.305 e. The molecule has 0 heterocycles. The van der Waals surface area contributed by atoms with Crippen LogP contribution < -0.4 is 0 Å². The van der Waals surface area contributed by atoms with Gasteiger partial charge >= 0.3 is 11.9 Å². The molecular weight excluding hydrogens is 765 g/mol. The molecule has 0 atom stereocenters. The predicted octanol–water partition coefficient (Wildman–Crippen LogP) is 17.9. The van der Waals surface area contributed by atoms with Gasteiger partial charge in [0.25, 0.3) is 0 Å². The van der Waals surface area contributed by atoms with Gasteiger partial charge in [-0.05, 0) is 83.5 Å².